The van der Waals surface area contributed by atoms with Gasteiger partial charge >= 0.3 is 12.0 Å². The summed E-state index contributed by atoms with van der Waals surface area (Å²) in [4.78, 5) is 30.1. The van der Waals surface area contributed by atoms with Gasteiger partial charge in [0.2, 0.25) is 0 Å². The van der Waals surface area contributed by atoms with Crippen molar-refractivity contribution in [1.29, 1.82) is 0 Å². The normalized spacial score (nSPS) is 27.7. The summed E-state index contributed by atoms with van der Waals surface area (Å²) in [6, 6.07) is -0.101. The molecule has 0 radical (unpaired) electrons. The molecule has 6 nitrogen and oxygen atoms in total. The van der Waals surface area contributed by atoms with E-state index >= 15 is 0 Å². The van der Waals surface area contributed by atoms with Crippen LogP contribution in [0.1, 0.15) is 39.5 Å². The molecule has 0 aromatic heterocycles. The van der Waals surface area contributed by atoms with Gasteiger partial charge in [0.1, 0.15) is 5.54 Å². The monoisotopic (exact) mass is 297 g/mol. The number of piperazine rings is 1. The number of nitrogens with zero attached hydrogens (tertiary/aromatic N) is 3. The average Bonchev–Trinajstić information content (AvgIpc) is 2.48. The summed E-state index contributed by atoms with van der Waals surface area (Å²) in [6.07, 6.45) is 3.43. The minimum Gasteiger partial charge on any atom is -0.480 e. The van der Waals surface area contributed by atoms with Crippen molar-refractivity contribution in [2.24, 2.45) is 0 Å². The fraction of sp³-hybridized carbons (Fsp3) is 0.867. The van der Waals surface area contributed by atoms with E-state index in [0.717, 1.165) is 38.9 Å². The van der Waals surface area contributed by atoms with E-state index in [1.54, 1.807) is 11.8 Å². The molecule has 0 saturated carbocycles. The van der Waals surface area contributed by atoms with Crippen LogP contribution in [0.4, 0.5) is 4.79 Å². The van der Waals surface area contributed by atoms with Gasteiger partial charge < -0.3 is 14.9 Å². The van der Waals surface area contributed by atoms with Gasteiger partial charge in [-0.2, -0.15) is 0 Å². The summed E-state index contributed by atoms with van der Waals surface area (Å²) in [5.74, 6) is -0.889. The van der Waals surface area contributed by atoms with Gasteiger partial charge in [-0.3, -0.25) is 4.90 Å². The number of carboxylic acids is 1. The maximum absolute atomic E-state index is 12.7. The molecule has 2 saturated heterocycles. The molecule has 120 valence electrons. The summed E-state index contributed by atoms with van der Waals surface area (Å²) in [5, 5.41) is 9.51. The number of likely N-dealkylation sites (tertiary alicyclic amines) is 1. The van der Waals surface area contributed by atoms with Gasteiger partial charge in [0.25, 0.3) is 0 Å². The summed E-state index contributed by atoms with van der Waals surface area (Å²) < 4.78 is 0. The molecule has 6 heteroatoms. The molecule has 1 N–H and O–H groups in total. The molecule has 0 aromatic carbocycles. The van der Waals surface area contributed by atoms with Crippen molar-refractivity contribution in [3.63, 3.8) is 0 Å². The third-order valence-electron chi connectivity index (χ3n) is 4.77. The number of carbonyl (C=O) groups is 2. The van der Waals surface area contributed by atoms with Gasteiger partial charge in [-0.15, -0.1) is 0 Å². The number of hydrogen-bond acceptors (Lipinski definition) is 3. The van der Waals surface area contributed by atoms with Crippen molar-refractivity contribution in [3.8, 4) is 0 Å². The minimum absolute atomic E-state index is 0.101. The second kappa shape index (κ2) is 6.64. The maximum Gasteiger partial charge on any atom is 0.329 e. The topological polar surface area (TPSA) is 64.1 Å². The van der Waals surface area contributed by atoms with Gasteiger partial charge in [0, 0.05) is 32.7 Å². The zero-order chi connectivity index (χ0) is 15.5. The minimum atomic E-state index is -1.05. The van der Waals surface area contributed by atoms with E-state index in [4.69, 9.17) is 0 Å². The molecular formula is C15H27N3O3. The number of hydrogen-bond donors (Lipinski definition) is 1. The lowest BCUT2D eigenvalue weighted by atomic mass is 9.89. The Balaban J connectivity index is 2.00. The molecular weight excluding hydrogens is 270 g/mol. The van der Waals surface area contributed by atoms with Crippen molar-refractivity contribution in [2.45, 2.75) is 45.1 Å². The van der Waals surface area contributed by atoms with Crippen molar-refractivity contribution in [3.05, 3.63) is 0 Å². The fourth-order valence-corrected chi connectivity index (χ4v) is 3.30. The molecule has 2 aliphatic heterocycles. The van der Waals surface area contributed by atoms with Crippen LogP contribution in [-0.2, 0) is 4.79 Å². The lowest BCUT2D eigenvalue weighted by Crippen LogP contribution is -2.62. The van der Waals surface area contributed by atoms with Gasteiger partial charge in [-0.1, -0.05) is 6.92 Å². The van der Waals surface area contributed by atoms with Crippen LogP contribution in [0.15, 0.2) is 0 Å². The fourth-order valence-electron chi connectivity index (χ4n) is 3.30. The van der Waals surface area contributed by atoms with Gasteiger partial charge in [0.05, 0.1) is 0 Å². The number of rotatable bonds is 3. The third-order valence-corrected chi connectivity index (χ3v) is 4.77. The summed E-state index contributed by atoms with van der Waals surface area (Å²) in [5.41, 5.74) is -1.05. The van der Waals surface area contributed by atoms with Crippen LogP contribution in [-0.4, -0.2) is 76.6 Å². The lowest BCUT2D eigenvalue weighted by Gasteiger charge is -2.45. The Labute approximate surface area is 126 Å². The van der Waals surface area contributed by atoms with E-state index in [1.807, 2.05) is 4.90 Å². The van der Waals surface area contributed by atoms with Crippen molar-refractivity contribution < 1.29 is 14.7 Å². The zero-order valence-electron chi connectivity index (χ0n) is 13.2. The smallest absolute Gasteiger partial charge is 0.329 e. The quantitative estimate of drug-likeness (QED) is 0.856. The highest BCUT2D eigenvalue weighted by molar-refractivity contribution is 5.86. The predicted molar refractivity (Wildman–Crippen MR) is 80.3 cm³/mol. The van der Waals surface area contributed by atoms with Crippen molar-refractivity contribution in [1.82, 2.24) is 14.7 Å². The first-order valence-corrected chi connectivity index (χ1v) is 8.01. The maximum atomic E-state index is 12.7. The highest BCUT2D eigenvalue weighted by atomic mass is 16.4. The van der Waals surface area contributed by atoms with E-state index < -0.39 is 11.5 Å². The molecule has 21 heavy (non-hydrogen) atoms. The number of carboxylic acid groups (broad SMARTS) is 1. The zero-order valence-corrected chi connectivity index (χ0v) is 13.2. The van der Waals surface area contributed by atoms with Crippen LogP contribution in [0, 0.1) is 0 Å². The van der Waals surface area contributed by atoms with Gasteiger partial charge in [-0.05, 0) is 39.2 Å². The molecule has 0 spiro atoms. The van der Waals surface area contributed by atoms with Gasteiger partial charge in [-0.25, -0.2) is 9.59 Å². The second-order valence-electron chi connectivity index (χ2n) is 6.30. The van der Waals surface area contributed by atoms with Crippen LogP contribution < -0.4 is 0 Å². The van der Waals surface area contributed by atoms with Crippen LogP contribution in [0.3, 0.4) is 0 Å². The van der Waals surface area contributed by atoms with Crippen molar-refractivity contribution in [2.75, 3.05) is 39.3 Å². The number of urea groups is 1. The third kappa shape index (κ3) is 3.31. The Bertz CT molecular complexity index is 394. The molecule has 0 aliphatic carbocycles. The van der Waals surface area contributed by atoms with Gasteiger partial charge in [0.15, 0.2) is 0 Å². The summed E-state index contributed by atoms with van der Waals surface area (Å²) in [7, 11) is 0. The molecule has 2 aliphatic rings. The highest BCUT2D eigenvalue weighted by Gasteiger charge is 2.45. The lowest BCUT2D eigenvalue weighted by molar-refractivity contribution is -0.150. The van der Waals surface area contributed by atoms with E-state index in [9.17, 15) is 14.7 Å². The Hall–Kier alpha value is -1.30. The Morgan fingerprint density at radius 3 is 2.33 bits per heavy atom. The first-order chi connectivity index (χ1) is 9.99. The standard InChI is InChI=1S/C15H27N3O3/c1-3-7-16-9-11-17(12-10-16)14(21)18-8-5-4-6-15(18,2)13(19)20/h3-12H2,1-2H3,(H,19,20). The molecule has 2 fully saturated rings. The molecule has 0 bridgehead atoms. The summed E-state index contributed by atoms with van der Waals surface area (Å²) >= 11 is 0. The molecule has 2 heterocycles. The Kier molecular flexibility index (Phi) is 5.08. The molecule has 2 amide bonds. The molecule has 1 atom stereocenters. The first kappa shape index (κ1) is 16.1. The summed E-state index contributed by atoms with van der Waals surface area (Å²) in [6.45, 7) is 8.63. The second-order valence-corrected chi connectivity index (χ2v) is 6.30. The molecule has 1 unspecified atom stereocenters. The SMILES string of the molecule is CCCN1CCN(C(=O)N2CCCCC2(C)C(=O)O)CC1. The van der Waals surface area contributed by atoms with E-state index in [-0.39, 0.29) is 6.03 Å². The number of aliphatic carboxylic acids is 1. The molecule has 0 aromatic rings. The number of amides is 2. The number of carbonyl (C=O) groups excluding carboxylic acids is 1. The highest BCUT2D eigenvalue weighted by Crippen LogP contribution is 2.29. The number of piperidine rings is 1. The van der Waals surface area contributed by atoms with E-state index in [1.165, 1.54) is 0 Å². The first-order valence-electron chi connectivity index (χ1n) is 8.01. The Morgan fingerprint density at radius 2 is 1.76 bits per heavy atom. The van der Waals surface area contributed by atoms with Crippen LogP contribution >= 0.6 is 0 Å². The average molecular weight is 297 g/mol. The van der Waals surface area contributed by atoms with Crippen LogP contribution in [0.5, 0.6) is 0 Å². The van der Waals surface area contributed by atoms with Crippen molar-refractivity contribution >= 4 is 12.0 Å². The van der Waals surface area contributed by atoms with E-state index in [2.05, 4.69) is 11.8 Å². The largest absolute Gasteiger partial charge is 0.480 e. The van der Waals surface area contributed by atoms with E-state index in [0.29, 0.717) is 26.1 Å². The Morgan fingerprint density at radius 1 is 1.10 bits per heavy atom. The molecule has 2 rings (SSSR count). The predicted octanol–water partition coefficient (Wildman–Crippen LogP) is 1.46. The van der Waals surface area contributed by atoms with Crippen LogP contribution in [0.2, 0.25) is 0 Å². The van der Waals surface area contributed by atoms with Crippen LogP contribution in [0.25, 0.3) is 0 Å².